The summed E-state index contributed by atoms with van der Waals surface area (Å²) >= 11 is 0. The Balaban J connectivity index is 2.55. The maximum atomic E-state index is 12.6. The van der Waals surface area contributed by atoms with Gasteiger partial charge in [0.25, 0.3) is 0 Å². The van der Waals surface area contributed by atoms with Crippen molar-refractivity contribution in [3.63, 3.8) is 0 Å². The SMILES string of the molecule is COCC1(C)C=C(OS(=O)(=O)C(F)(F)F)c2cccc(C)c2O1. The molecule has 0 amide bonds. The van der Waals surface area contributed by atoms with Crippen molar-refractivity contribution in [3.05, 3.63) is 35.4 Å². The number of halogens is 3. The minimum Gasteiger partial charge on any atom is -0.480 e. The lowest BCUT2D eigenvalue weighted by Gasteiger charge is -2.33. The molecule has 128 valence electrons. The van der Waals surface area contributed by atoms with Crippen LogP contribution in [0.2, 0.25) is 0 Å². The van der Waals surface area contributed by atoms with E-state index in [0.29, 0.717) is 5.56 Å². The second kappa shape index (κ2) is 5.72. The number of ether oxygens (including phenoxy) is 2. The second-order valence-electron chi connectivity index (χ2n) is 5.29. The molecule has 1 aliphatic rings. The van der Waals surface area contributed by atoms with Gasteiger partial charge in [-0.3, -0.25) is 0 Å². The Morgan fingerprint density at radius 3 is 2.52 bits per heavy atom. The molecule has 0 spiro atoms. The van der Waals surface area contributed by atoms with E-state index in [-0.39, 0.29) is 17.9 Å². The molecule has 0 N–H and O–H groups in total. The molecule has 2 rings (SSSR count). The van der Waals surface area contributed by atoms with Crippen LogP contribution >= 0.6 is 0 Å². The first kappa shape index (κ1) is 17.6. The van der Waals surface area contributed by atoms with E-state index < -0.39 is 27.0 Å². The van der Waals surface area contributed by atoms with Gasteiger partial charge in [-0.2, -0.15) is 21.6 Å². The minimum absolute atomic E-state index is 0.000298. The summed E-state index contributed by atoms with van der Waals surface area (Å²) in [5.74, 6) is -0.186. The number of fused-ring (bicyclic) bond motifs is 1. The first-order valence-corrected chi connectivity index (χ1v) is 7.91. The fourth-order valence-electron chi connectivity index (χ4n) is 2.19. The van der Waals surface area contributed by atoms with Crippen LogP contribution in [-0.4, -0.2) is 33.2 Å². The molecule has 0 radical (unpaired) electrons. The predicted octanol–water partition coefficient (Wildman–Crippen LogP) is 3.00. The molecular weight excluding hydrogens is 337 g/mol. The van der Waals surface area contributed by atoms with E-state index >= 15 is 0 Å². The van der Waals surface area contributed by atoms with Crippen LogP contribution in [0, 0.1) is 6.92 Å². The third kappa shape index (κ3) is 3.45. The van der Waals surface area contributed by atoms with Crippen molar-refractivity contribution in [2.75, 3.05) is 13.7 Å². The maximum absolute atomic E-state index is 12.6. The van der Waals surface area contributed by atoms with Gasteiger partial charge in [-0.15, -0.1) is 0 Å². The number of methoxy groups -OCH3 is 1. The van der Waals surface area contributed by atoms with Crippen molar-refractivity contribution < 1.29 is 35.2 Å². The number of aryl methyl sites for hydroxylation is 1. The van der Waals surface area contributed by atoms with Crippen molar-refractivity contribution in [2.24, 2.45) is 0 Å². The highest BCUT2D eigenvalue weighted by molar-refractivity contribution is 7.87. The van der Waals surface area contributed by atoms with Gasteiger partial charge >= 0.3 is 15.6 Å². The average Bonchev–Trinajstić information content (AvgIpc) is 2.38. The number of alkyl halides is 3. The van der Waals surface area contributed by atoms with Gasteiger partial charge in [0, 0.05) is 13.2 Å². The molecule has 0 saturated carbocycles. The topological polar surface area (TPSA) is 61.8 Å². The Morgan fingerprint density at radius 1 is 1.30 bits per heavy atom. The molecule has 0 aromatic heterocycles. The van der Waals surface area contributed by atoms with Crippen molar-refractivity contribution in [3.8, 4) is 5.75 Å². The zero-order valence-electron chi connectivity index (χ0n) is 12.6. The van der Waals surface area contributed by atoms with E-state index in [1.165, 1.54) is 19.3 Å². The summed E-state index contributed by atoms with van der Waals surface area (Å²) in [5, 5.41) is 0. The van der Waals surface area contributed by atoms with E-state index in [4.69, 9.17) is 9.47 Å². The van der Waals surface area contributed by atoms with Gasteiger partial charge in [0.15, 0.2) is 11.4 Å². The van der Waals surface area contributed by atoms with Crippen LogP contribution in [-0.2, 0) is 19.0 Å². The molecule has 1 aromatic rings. The summed E-state index contributed by atoms with van der Waals surface area (Å²) in [7, 11) is -4.39. The zero-order chi connectivity index (χ0) is 17.5. The van der Waals surface area contributed by atoms with Gasteiger partial charge in [0.2, 0.25) is 0 Å². The van der Waals surface area contributed by atoms with Crippen molar-refractivity contribution in [1.82, 2.24) is 0 Å². The number of hydrogen-bond acceptors (Lipinski definition) is 5. The van der Waals surface area contributed by atoms with Crippen LogP contribution in [0.1, 0.15) is 18.1 Å². The standard InChI is InChI=1S/C14H15F3O5S/c1-9-5-4-6-10-11(22-23(18,19)14(15,16)17)7-13(2,8-20-3)21-12(9)10/h4-7H,8H2,1-3H3. The summed E-state index contributed by atoms with van der Waals surface area (Å²) < 4.78 is 75.5. The van der Waals surface area contributed by atoms with E-state index in [9.17, 15) is 21.6 Å². The third-order valence-electron chi connectivity index (χ3n) is 3.16. The lowest BCUT2D eigenvalue weighted by molar-refractivity contribution is -0.0511. The Hall–Kier alpha value is -1.74. The second-order valence-corrected chi connectivity index (χ2v) is 6.83. The maximum Gasteiger partial charge on any atom is 0.534 e. The highest BCUT2D eigenvalue weighted by Crippen LogP contribution is 2.41. The van der Waals surface area contributed by atoms with E-state index in [1.807, 2.05) is 0 Å². The monoisotopic (exact) mass is 352 g/mol. The van der Waals surface area contributed by atoms with E-state index in [2.05, 4.69) is 4.18 Å². The van der Waals surface area contributed by atoms with Gasteiger partial charge in [0.05, 0.1) is 12.2 Å². The largest absolute Gasteiger partial charge is 0.534 e. The van der Waals surface area contributed by atoms with Crippen molar-refractivity contribution in [2.45, 2.75) is 25.0 Å². The molecule has 23 heavy (non-hydrogen) atoms. The third-order valence-corrected chi connectivity index (χ3v) is 4.13. The summed E-state index contributed by atoms with van der Waals surface area (Å²) in [6.45, 7) is 3.24. The fourth-order valence-corrected chi connectivity index (χ4v) is 2.66. The minimum atomic E-state index is -5.78. The lowest BCUT2D eigenvalue weighted by Crippen LogP contribution is -2.39. The van der Waals surface area contributed by atoms with E-state index in [1.54, 1.807) is 26.0 Å². The Morgan fingerprint density at radius 2 is 1.96 bits per heavy atom. The van der Waals surface area contributed by atoms with Crippen molar-refractivity contribution in [1.29, 1.82) is 0 Å². The summed E-state index contributed by atoms with van der Waals surface area (Å²) in [6, 6.07) is 4.67. The van der Waals surface area contributed by atoms with Crippen LogP contribution < -0.4 is 4.74 Å². The van der Waals surface area contributed by atoms with Crippen LogP contribution in [0.5, 0.6) is 5.75 Å². The molecule has 0 fully saturated rings. The van der Waals surface area contributed by atoms with Gasteiger partial charge in [-0.25, -0.2) is 0 Å². The first-order chi connectivity index (χ1) is 10.5. The molecule has 1 unspecified atom stereocenters. The van der Waals surface area contributed by atoms with Crippen LogP contribution in [0.4, 0.5) is 13.2 Å². The number of benzene rings is 1. The average molecular weight is 352 g/mol. The molecular formula is C14H15F3O5S. The molecule has 1 heterocycles. The first-order valence-electron chi connectivity index (χ1n) is 6.51. The van der Waals surface area contributed by atoms with Gasteiger partial charge in [-0.05, 0) is 25.5 Å². The number of para-hydroxylation sites is 1. The summed E-state index contributed by atoms with van der Waals surface area (Å²) in [5.41, 5.74) is -5.92. The highest BCUT2D eigenvalue weighted by Gasteiger charge is 2.49. The summed E-state index contributed by atoms with van der Waals surface area (Å²) in [4.78, 5) is 0. The van der Waals surface area contributed by atoms with Crippen LogP contribution in [0.25, 0.3) is 5.76 Å². The molecule has 9 heteroatoms. The molecule has 1 aromatic carbocycles. The highest BCUT2D eigenvalue weighted by atomic mass is 32.2. The van der Waals surface area contributed by atoms with Crippen molar-refractivity contribution >= 4 is 15.9 Å². The smallest absolute Gasteiger partial charge is 0.480 e. The van der Waals surface area contributed by atoms with Gasteiger partial charge in [-0.1, -0.05) is 12.1 Å². The van der Waals surface area contributed by atoms with Crippen LogP contribution in [0.3, 0.4) is 0 Å². The Kier molecular flexibility index (Phi) is 4.38. The molecule has 0 saturated heterocycles. The summed E-state index contributed by atoms with van der Waals surface area (Å²) in [6.07, 6.45) is 1.17. The van der Waals surface area contributed by atoms with Gasteiger partial charge < -0.3 is 13.7 Å². The number of rotatable bonds is 4. The molecule has 5 nitrogen and oxygen atoms in total. The predicted molar refractivity (Wildman–Crippen MR) is 76.1 cm³/mol. The molecule has 0 aliphatic carbocycles. The van der Waals surface area contributed by atoms with Crippen LogP contribution in [0.15, 0.2) is 24.3 Å². The quantitative estimate of drug-likeness (QED) is 0.616. The Bertz CT molecular complexity index is 739. The Labute approximate surface area is 131 Å². The lowest BCUT2D eigenvalue weighted by atomic mass is 9.98. The number of hydrogen-bond donors (Lipinski definition) is 0. The normalized spacial score (nSPS) is 21.2. The fraction of sp³-hybridized carbons (Fsp3) is 0.429. The zero-order valence-corrected chi connectivity index (χ0v) is 13.4. The van der Waals surface area contributed by atoms with Gasteiger partial charge in [0.1, 0.15) is 5.75 Å². The molecule has 1 aliphatic heterocycles. The van der Waals surface area contributed by atoms with E-state index in [0.717, 1.165) is 0 Å². The molecule has 0 bridgehead atoms. The molecule has 1 atom stereocenters.